The summed E-state index contributed by atoms with van der Waals surface area (Å²) in [7, 11) is 0. The first-order valence-corrected chi connectivity index (χ1v) is 18.0. The van der Waals surface area contributed by atoms with Gasteiger partial charge in [0.15, 0.2) is 5.96 Å². The molecule has 9 heteroatoms. The molecular formula is C40H60N8O. The highest BCUT2D eigenvalue weighted by Gasteiger charge is 2.24. The first-order chi connectivity index (χ1) is 23.0. The summed E-state index contributed by atoms with van der Waals surface area (Å²) in [4.78, 5) is 24.0. The van der Waals surface area contributed by atoms with Crippen LogP contribution in [0.25, 0.3) is 16.7 Å². The molecule has 1 aliphatic rings. The Bertz CT molecular complexity index is 1760. The summed E-state index contributed by atoms with van der Waals surface area (Å²) >= 11 is 0. The number of aromatic amines is 1. The molecule has 5 rings (SSSR count). The van der Waals surface area contributed by atoms with Gasteiger partial charge in [-0.2, -0.15) is 4.98 Å². The number of aromatic nitrogens is 3. The van der Waals surface area contributed by atoms with Crippen LogP contribution in [0.2, 0.25) is 0 Å². The van der Waals surface area contributed by atoms with Crippen LogP contribution in [0.4, 0.5) is 0 Å². The molecule has 0 bridgehead atoms. The van der Waals surface area contributed by atoms with Gasteiger partial charge in [-0.05, 0) is 117 Å². The molecule has 0 fully saturated rings. The number of guanidine groups is 1. The Labute approximate surface area is 293 Å². The van der Waals surface area contributed by atoms with Gasteiger partial charge in [-0.3, -0.25) is 9.56 Å². The topological polar surface area (TPSA) is 153 Å². The van der Waals surface area contributed by atoms with Gasteiger partial charge in [0.05, 0.1) is 5.69 Å². The maximum absolute atomic E-state index is 12.6. The average Bonchev–Trinajstić information content (AvgIpc) is 3.66. The number of aliphatic imine (C=N–C) groups is 1. The van der Waals surface area contributed by atoms with Crippen LogP contribution in [-0.2, 0) is 30.1 Å². The number of aryl methyl sites for hydroxylation is 2. The predicted octanol–water partition coefficient (Wildman–Crippen LogP) is 6.47. The third kappa shape index (κ3) is 10.5. The molecule has 8 N–H and O–H groups in total. The first kappa shape index (κ1) is 37.9. The summed E-state index contributed by atoms with van der Waals surface area (Å²) in [5, 5.41) is 4.36. The molecule has 2 aromatic heterocycles. The number of nitrogens with two attached hydrogens (primary N) is 3. The van der Waals surface area contributed by atoms with E-state index in [4.69, 9.17) is 17.2 Å². The SMILES string of the molecule is C[C@H](N)CCCc1cc2c(c(C(C)(C)C)c1)CCC2.C[C@H](NCCCN=C(N)N)c1ccc(-n2cc3cc(C(C)(C)C)[nH]c3nc2=O)cc1. The smallest absolute Gasteiger partial charge is 0.354 e. The second-order valence-electron chi connectivity index (χ2n) is 15.8. The lowest BCUT2D eigenvalue weighted by Gasteiger charge is -2.24. The Balaban J connectivity index is 0.000000244. The standard InChI is InChI=1S/C22H31N7O.C18H29N/c1-14(25-10-5-11-26-20(23)24)15-6-8-17(9-7-15)29-13-16-12-18(22(2,3)4)27-19(16)28-21(29)30;1-13(19)7-5-8-14-11-15-9-6-10-16(15)17(12-14)18(2,3)4/h6-9,12-14,25H,5,10-11H2,1-4H3,(H4,23,24,26)(H,27,28,30);11-13H,5-10,19H2,1-4H3/t14-;13-/m00/s1. The minimum Gasteiger partial charge on any atom is -0.370 e. The highest BCUT2D eigenvalue weighted by atomic mass is 16.1. The van der Waals surface area contributed by atoms with E-state index in [1.165, 1.54) is 37.7 Å². The third-order valence-corrected chi connectivity index (χ3v) is 9.28. The number of nitrogens with one attached hydrogen (secondary N) is 2. The maximum atomic E-state index is 12.6. The van der Waals surface area contributed by atoms with E-state index in [0.717, 1.165) is 41.7 Å². The molecule has 4 aromatic rings. The number of fused-ring (bicyclic) bond motifs is 2. The lowest BCUT2D eigenvalue weighted by molar-refractivity contribution is 0.562. The van der Waals surface area contributed by atoms with Crippen molar-refractivity contribution in [3.8, 4) is 5.69 Å². The van der Waals surface area contributed by atoms with Crippen LogP contribution in [0, 0.1) is 0 Å². The van der Waals surface area contributed by atoms with Gasteiger partial charge in [0.1, 0.15) is 5.65 Å². The lowest BCUT2D eigenvalue weighted by Crippen LogP contribution is -2.24. The van der Waals surface area contributed by atoms with Crippen molar-refractivity contribution in [2.24, 2.45) is 22.2 Å². The molecule has 266 valence electrons. The van der Waals surface area contributed by atoms with E-state index in [1.54, 1.807) is 21.3 Å². The molecule has 0 saturated heterocycles. The van der Waals surface area contributed by atoms with Crippen molar-refractivity contribution in [3.05, 3.63) is 92.7 Å². The van der Waals surface area contributed by atoms with Crippen molar-refractivity contribution in [1.29, 1.82) is 0 Å². The van der Waals surface area contributed by atoms with Crippen molar-refractivity contribution in [2.45, 2.75) is 123 Å². The predicted molar refractivity (Wildman–Crippen MR) is 206 cm³/mol. The minimum absolute atomic E-state index is 0.0390. The number of nitrogens with zero attached hydrogens (tertiary/aromatic N) is 3. The number of hydrogen-bond donors (Lipinski definition) is 5. The van der Waals surface area contributed by atoms with Crippen LogP contribution in [0.1, 0.15) is 121 Å². The van der Waals surface area contributed by atoms with E-state index >= 15 is 0 Å². The summed E-state index contributed by atoms with van der Waals surface area (Å²) in [5.41, 5.74) is 26.4. The van der Waals surface area contributed by atoms with Crippen LogP contribution in [0.3, 0.4) is 0 Å². The van der Waals surface area contributed by atoms with Gasteiger partial charge in [0.25, 0.3) is 0 Å². The van der Waals surface area contributed by atoms with Crippen molar-refractivity contribution >= 4 is 17.0 Å². The molecule has 49 heavy (non-hydrogen) atoms. The van der Waals surface area contributed by atoms with Crippen LogP contribution < -0.4 is 28.2 Å². The second-order valence-corrected chi connectivity index (χ2v) is 15.8. The largest absolute Gasteiger partial charge is 0.370 e. The molecule has 0 unspecified atom stereocenters. The van der Waals surface area contributed by atoms with Gasteiger partial charge in [0.2, 0.25) is 0 Å². The van der Waals surface area contributed by atoms with Crippen LogP contribution >= 0.6 is 0 Å². The first-order valence-electron chi connectivity index (χ1n) is 18.0. The number of rotatable bonds is 11. The fourth-order valence-electron chi connectivity index (χ4n) is 6.44. The van der Waals surface area contributed by atoms with E-state index in [1.807, 2.05) is 30.5 Å². The Morgan fingerprint density at radius 1 is 1.00 bits per heavy atom. The molecule has 2 heterocycles. The van der Waals surface area contributed by atoms with Crippen molar-refractivity contribution in [3.63, 3.8) is 0 Å². The number of H-pyrrole nitrogens is 1. The summed E-state index contributed by atoms with van der Waals surface area (Å²) in [6, 6.07) is 15.4. The Hall–Kier alpha value is -3.95. The zero-order valence-electron chi connectivity index (χ0n) is 31.1. The van der Waals surface area contributed by atoms with Gasteiger partial charge >= 0.3 is 5.69 Å². The minimum atomic E-state index is -0.302. The molecule has 2 atom stereocenters. The highest BCUT2D eigenvalue weighted by Crippen LogP contribution is 2.35. The van der Waals surface area contributed by atoms with Crippen molar-refractivity contribution in [2.75, 3.05) is 13.1 Å². The molecule has 0 amide bonds. The maximum Gasteiger partial charge on any atom is 0.354 e. The monoisotopic (exact) mass is 668 g/mol. The average molecular weight is 669 g/mol. The highest BCUT2D eigenvalue weighted by molar-refractivity contribution is 5.76. The molecule has 0 aliphatic heterocycles. The second kappa shape index (κ2) is 16.2. The van der Waals surface area contributed by atoms with Gasteiger partial charge in [-0.15, -0.1) is 0 Å². The number of benzene rings is 2. The summed E-state index contributed by atoms with van der Waals surface area (Å²) < 4.78 is 1.58. The molecule has 1 aliphatic carbocycles. The number of hydrogen-bond acceptors (Lipinski definition) is 5. The summed E-state index contributed by atoms with van der Waals surface area (Å²) in [5.74, 6) is 0.121. The summed E-state index contributed by atoms with van der Waals surface area (Å²) in [6.45, 7) is 19.0. The molecule has 0 radical (unpaired) electrons. The Morgan fingerprint density at radius 3 is 2.35 bits per heavy atom. The van der Waals surface area contributed by atoms with Gasteiger partial charge in [-0.1, -0.05) is 65.8 Å². The van der Waals surface area contributed by atoms with E-state index in [9.17, 15) is 4.79 Å². The fraction of sp³-hybridized carbons (Fsp3) is 0.525. The van der Waals surface area contributed by atoms with Gasteiger partial charge in [-0.25, -0.2) is 4.79 Å². The molecule has 2 aromatic carbocycles. The molecule has 0 spiro atoms. The van der Waals surface area contributed by atoms with Crippen LogP contribution in [-0.4, -0.2) is 39.6 Å². The molecule has 9 nitrogen and oxygen atoms in total. The molecule has 0 saturated carbocycles. The lowest BCUT2D eigenvalue weighted by atomic mass is 9.81. The zero-order valence-corrected chi connectivity index (χ0v) is 31.1. The quantitative estimate of drug-likeness (QED) is 0.0702. The third-order valence-electron chi connectivity index (χ3n) is 9.28. The fourth-order valence-corrected chi connectivity index (χ4v) is 6.44. The van der Waals surface area contributed by atoms with Crippen molar-refractivity contribution in [1.82, 2.24) is 19.9 Å². The van der Waals surface area contributed by atoms with Gasteiger partial charge < -0.3 is 27.5 Å². The molecular weight excluding hydrogens is 608 g/mol. The van der Waals surface area contributed by atoms with Crippen molar-refractivity contribution < 1.29 is 0 Å². The normalized spacial score (nSPS) is 14.2. The van der Waals surface area contributed by atoms with E-state index in [0.29, 0.717) is 18.2 Å². The zero-order chi connectivity index (χ0) is 35.9. The Kier molecular flexibility index (Phi) is 12.5. The van der Waals surface area contributed by atoms with E-state index < -0.39 is 0 Å². The van der Waals surface area contributed by atoms with E-state index in [-0.39, 0.29) is 28.5 Å². The Morgan fingerprint density at radius 2 is 1.71 bits per heavy atom. The van der Waals surface area contributed by atoms with Gasteiger partial charge in [0, 0.05) is 41.3 Å². The van der Waals surface area contributed by atoms with Crippen LogP contribution in [0.15, 0.2) is 58.4 Å². The summed E-state index contributed by atoms with van der Waals surface area (Å²) in [6.07, 6.45) is 10.1. The van der Waals surface area contributed by atoms with E-state index in [2.05, 4.69) is 93.9 Å². The van der Waals surface area contributed by atoms with Crippen LogP contribution in [0.5, 0.6) is 0 Å².